The Bertz CT molecular complexity index is 618. The lowest BCUT2D eigenvalue weighted by Gasteiger charge is -2.09. The molecule has 0 saturated heterocycles. The van der Waals surface area contributed by atoms with Crippen LogP contribution in [-0.4, -0.2) is 27.6 Å². The summed E-state index contributed by atoms with van der Waals surface area (Å²) in [5.41, 5.74) is 0.782. The number of amides is 1. The second kappa shape index (κ2) is 5.76. The lowest BCUT2D eigenvalue weighted by molar-refractivity contribution is 0.102. The third kappa shape index (κ3) is 3.15. The van der Waals surface area contributed by atoms with E-state index in [0.29, 0.717) is 17.8 Å². The van der Waals surface area contributed by atoms with Crippen LogP contribution >= 0.6 is 0 Å². The highest BCUT2D eigenvalue weighted by Gasteiger charge is 2.11. The van der Waals surface area contributed by atoms with Crippen molar-refractivity contribution in [2.24, 2.45) is 0 Å². The number of nitrogens with zero attached hydrogens (tertiary/aromatic N) is 2. The molecule has 0 aliphatic carbocycles. The highest BCUT2D eigenvalue weighted by molar-refractivity contribution is 6.07. The molecular formula is C12H13N5O2. The van der Waals surface area contributed by atoms with Gasteiger partial charge in [-0.2, -0.15) is 5.10 Å². The van der Waals surface area contributed by atoms with E-state index in [0.717, 1.165) is 0 Å². The molecule has 19 heavy (non-hydrogen) atoms. The Morgan fingerprint density at radius 2 is 2.21 bits per heavy atom. The number of carbonyl (C=O) groups excluding carboxylic acids is 1. The molecule has 7 heteroatoms. The Morgan fingerprint density at radius 3 is 2.89 bits per heavy atom. The predicted molar refractivity (Wildman–Crippen MR) is 71.2 cm³/mol. The van der Waals surface area contributed by atoms with E-state index in [9.17, 15) is 9.59 Å². The van der Waals surface area contributed by atoms with Crippen molar-refractivity contribution in [3.05, 3.63) is 46.5 Å². The molecular weight excluding hydrogens is 246 g/mol. The first-order valence-corrected chi connectivity index (χ1v) is 5.75. The zero-order chi connectivity index (χ0) is 13.7. The number of carbonyl (C=O) groups is 1. The Morgan fingerprint density at radius 1 is 1.37 bits per heavy atom. The van der Waals surface area contributed by atoms with Crippen LogP contribution in [-0.2, 0) is 0 Å². The summed E-state index contributed by atoms with van der Waals surface area (Å²) < 4.78 is 0. The largest absolute Gasteiger partial charge is 0.385 e. The average molecular weight is 259 g/mol. The number of pyridine rings is 1. The van der Waals surface area contributed by atoms with Gasteiger partial charge in [-0.3, -0.25) is 14.6 Å². The molecule has 0 aromatic carbocycles. The van der Waals surface area contributed by atoms with E-state index in [-0.39, 0.29) is 17.3 Å². The molecule has 2 rings (SSSR count). The fraction of sp³-hybridized carbons (Fsp3) is 0.167. The van der Waals surface area contributed by atoms with Crippen LogP contribution < -0.4 is 16.2 Å². The summed E-state index contributed by atoms with van der Waals surface area (Å²) in [6.07, 6.45) is 3.08. The van der Waals surface area contributed by atoms with Crippen molar-refractivity contribution < 1.29 is 4.79 Å². The summed E-state index contributed by atoms with van der Waals surface area (Å²) >= 11 is 0. The molecule has 0 aliphatic rings. The summed E-state index contributed by atoms with van der Waals surface area (Å²) in [5.74, 6) is -0.0699. The van der Waals surface area contributed by atoms with Crippen LogP contribution in [0.1, 0.15) is 17.3 Å². The van der Waals surface area contributed by atoms with Crippen LogP contribution in [0.5, 0.6) is 0 Å². The number of aromatic amines is 1. The lowest BCUT2D eigenvalue weighted by atomic mass is 10.2. The van der Waals surface area contributed by atoms with Gasteiger partial charge in [0.2, 0.25) is 0 Å². The fourth-order valence-electron chi connectivity index (χ4n) is 1.52. The topological polar surface area (TPSA) is 99.8 Å². The van der Waals surface area contributed by atoms with Gasteiger partial charge in [0.05, 0.1) is 11.3 Å². The van der Waals surface area contributed by atoms with Gasteiger partial charge in [-0.05, 0) is 19.1 Å². The number of nitrogens with one attached hydrogen (secondary N) is 3. The van der Waals surface area contributed by atoms with E-state index in [1.165, 1.54) is 18.3 Å². The minimum atomic E-state index is -0.344. The molecule has 0 spiro atoms. The molecule has 0 aliphatic heterocycles. The van der Waals surface area contributed by atoms with E-state index in [1.54, 1.807) is 12.3 Å². The molecule has 98 valence electrons. The molecule has 3 N–H and O–H groups in total. The number of H-pyrrole nitrogens is 1. The Balaban J connectivity index is 2.20. The second-order valence-corrected chi connectivity index (χ2v) is 3.71. The number of hydrogen-bond donors (Lipinski definition) is 3. The van der Waals surface area contributed by atoms with Crippen LogP contribution in [0.4, 0.5) is 11.5 Å². The van der Waals surface area contributed by atoms with Crippen LogP contribution in [0.3, 0.4) is 0 Å². The number of hydrogen-bond acceptors (Lipinski definition) is 5. The Hall–Kier alpha value is -2.70. The smallest absolute Gasteiger partial charge is 0.264 e. The predicted octanol–water partition coefficient (Wildman–Crippen LogP) is 0.849. The van der Waals surface area contributed by atoms with Crippen molar-refractivity contribution in [3.63, 3.8) is 0 Å². The molecule has 7 nitrogen and oxygen atoms in total. The van der Waals surface area contributed by atoms with E-state index in [1.807, 2.05) is 6.92 Å². The molecule has 2 aromatic rings. The van der Waals surface area contributed by atoms with E-state index >= 15 is 0 Å². The maximum absolute atomic E-state index is 12.1. The standard InChI is InChI=1S/C12H13N5O2/c1-2-14-9-5-6-13-7-8(9)12(19)15-10-3-4-11(18)17-16-10/h3-7H,2H2,1H3,(H,13,14)(H,17,18)(H,15,16,19). The monoisotopic (exact) mass is 259 g/mol. The number of anilines is 2. The zero-order valence-electron chi connectivity index (χ0n) is 10.3. The molecule has 2 aromatic heterocycles. The van der Waals surface area contributed by atoms with Crippen LogP contribution in [0.15, 0.2) is 35.4 Å². The molecule has 2 heterocycles. The number of rotatable bonds is 4. The first kappa shape index (κ1) is 12.7. The third-order valence-corrected chi connectivity index (χ3v) is 2.35. The van der Waals surface area contributed by atoms with Gasteiger partial charge in [0.15, 0.2) is 5.82 Å². The van der Waals surface area contributed by atoms with Gasteiger partial charge in [-0.1, -0.05) is 0 Å². The highest BCUT2D eigenvalue weighted by atomic mass is 16.2. The molecule has 0 fully saturated rings. The van der Waals surface area contributed by atoms with E-state index < -0.39 is 0 Å². The minimum absolute atomic E-state index is 0.274. The Labute approximate surface area is 109 Å². The van der Waals surface area contributed by atoms with Gasteiger partial charge in [0.25, 0.3) is 11.5 Å². The Kier molecular flexibility index (Phi) is 3.87. The zero-order valence-corrected chi connectivity index (χ0v) is 10.3. The first-order valence-electron chi connectivity index (χ1n) is 5.75. The molecule has 0 saturated carbocycles. The minimum Gasteiger partial charge on any atom is -0.385 e. The molecule has 1 amide bonds. The summed E-state index contributed by atoms with van der Waals surface area (Å²) in [6, 6.07) is 4.44. The van der Waals surface area contributed by atoms with Crippen molar-refractivity contribution in [1.29, 1.82) is 0 Å². The highest BCUT2D eigenvalue weighted by Crippen LogP contribution is 2.14. The molecule has 0 atom stereocenters. The quantitative estimate of drug-likeness (QED) is 0.755. The van der Waals surface area contributed by atoms with Gasteiger partial charge in [-0.15, -0.1) is 0 Å². The summed E-state index contributed by atoms with van der Waals surface area (Å²) in [5, 5.41) is 11.6. The van der Waals surface area contributed by atoms with Gasteiger partial charge in [-0.25, -0.2) is 5.10 Å². The van der Waals surface area contributed by atoms with Gasteiger partial charge in [0.1, 0.15) is 0 Å². The van der Waals surface area contributed by atoms with Crippen LogP contribution in [0.25, 0.3) is 0 Å². The lowest BCUT2D eigenvalue weighted by Crippen LogP contribution is -2.17. The third-order valence-electron chi connectivity index (χ3n) is 2.35. The van der Waals surface area contributed by atoms with Crippen molar-refractivity contribution >= 4 is 17.4 Å². The maximum atomic E-state index is 12.1. The first-order chi connectivity index (χ1) is 9.20. The van der Waals surface area contributed by atoms with Crippen molar-refractivity contribution in [1.82, 2.24) is 15.2 Å². The summed E-state index contributed by atoms with van der Waals surface area (Å²) in [7, 11) is 0. The summed E-state index contributed by atoms with van der Waals surface area (Å²) in [6.45, 7) is 2.63. The second-order valence-electron chi connectivity index (χ2n) is 3.71. The van der Waals surface area contributed by atoms with Crippen molar-refractivity contribution in [2.45, 2.75) is 6.92 Å². The molecule has 0 bridgehead atoms. The van der Waals surface area contributed by atoms with Gasteiger partial charge >= 0.3 is 0 Å². The van der Waals surface area contributed by atoms with Gasteiger partial charge < -0.3 is 10.6 Å². The van der Waals surface area contributed by atoms with Crippen LogP contribution in [0, 0.1) is 0 Å². The molecule has 0 radical (unpaired) electrons. The number of aromatic nitrogens is 3. The maximum Gasteiger partial charge on any atom is 0.264 e. The van der Waals surface area contributed by atoms with E-state index in [4.69, 9.17) is 0 Å². The van der Waals surface area contributed by atoms with Gasteiger partial charge in [0, 0.05) is 25.0 Å². The average Bonchev–Trinajstić information content (AvgIpc) is 2.42. The molecule has 0 unspecified atom stereocenters. The van der Waals surface area contributed by atoms with Crippen molar-refractivity contribution in [2.75, 3.05) is 17.2 Å². The normalized spacial score (nSPS) is 9.95. The van der Waals surface area contributed by atoms with Crippen molar-refractivity contribution in [3.8, 4) is 0 Å². The van der Waals surface area contributed by atoms with E-state index in [2.05, 4.69) is 25.8 Å². The SMILES string of the molecule is CCNc1ccncc1C(=O)Nc1ccc(=O)[nH]n1. The van der Waals surface area contributed by atoms with Crippen LogP contribution in [0.2, 0.25) is 0 Å². The fourth-order valence-corrected chi connectivity index (χ4v) is 1.52. The summed E-state index contributed by atoms with van der Waals surface area (Å²) in [4.78, 5) is 26.9.